The van der Waals surface area contributed by atoms with Crippen LogP contribution in [0.25, 0.3) is 0 Å². The molecule has 27 nitrogen and oxygen atoms in total. The van der Waals surface area contributed by atoms with Crippen LogP contribution >= 0.6 is 10.9 Å². The Labute approximate surface area is 556 Å². The van der Waals surface area contributed by atoms with Crippen LogP contribution in [0.2, 0.25) is 0 Å². The monoisotopic (exact) mass is 1340 g/mol. The van der Waals surface area contributed by atoms with E-state index in [0.717, 1.165) is 54.5 Å². The van der Waals surface area contributed by atoms with Crippen LogP contribution < -0.4 is 68.7 Å². The van der Waals surface area contributed by atoms with Crippen LogP contribution in [0.5, 0.6) is 17.2 Å². The van der Waals surface area contributed by atoms with Crippen LogP contribution in [0, 0.1) is 0 Å². The summed E-state index contributed by atoms with van der Waals surface area (Å²) in [5, 5.41) is 29.9. The number of hydrazone groups is 1. The van der Waals surface area contributed by atoms with Crippen molar-refractivity contribution in [3.05, 3.63) is 119 Å². The molecule has 0 fully saturated rings. The van der Waals surface area contributed by atoms with Crippen LogP contribution in [-0.4, -0.2) is 154 Å². The second-order valence-corrected chi connectivity index (χ2v) is 24.3. The van der Waals surface area contributed by atoms with Crippen molar-refractivity contribution in [1.29, 1.82) is 0 Å². The highest BCUT2D eigenvalue weighted by atomic mass is 32.3. The third-order valence-corrected chi connectivity index (χ3v) is 16.4. The first-order chi connectivity index (χ1) is 45.9. The number of rotatable bonds is 47. The standard InChI is InChI=1S/C67H96N12O15S/c1-2-18-50-48-20-14-24-55(80)49(48)30-32-58(50)93-41-13-3-12-40-92-56-25-15-26-57(51(56)31-34-63(83)84)94-42-16-28-61(81)71-38-17-39-72-65(86)52(21-6-9-35-68)77-67(88)54(23-8-11-37-70)78-66(87)53(22-7-10-36-69)76-62(82)45-74-64(85)47-29-33-60(73-43-47)79-75-44-46-19-4-5-27-59(46)95(89,90)91/h2,4-5,15,19,25-27,29-30,32-33,43-44,52-54,89-91H,1,3,6-14,16-18,20-24,28,31,34-42,45,68-70H2,(H,71,81)(H,72,86)(H,73,79)(H,74,85)(H,76,82)(H,77,88)(H,78,87)(H,83,84)/b75-44+. The summed E-state index contributed by atoms with van der Waals surface area (Å²) in [5.74, 6) is -2.16. The molecular weight excluding hydrogens is 1240 g/mol. The molecule has 0 spiro atoms. The van der Waals surface area contributed by atoms with Crippen LogP contribution in [0.4, 0.5) is 5.82 Å². The van der Waals surface area contributed by atoms with Gasteiger partial charge in [-0.2, -0.15) is 5.10 Å². The lowest BCUT2D eigenvalue weighted by atomic mass is 9.86. The van der Waals surface area contributed by atoms with Crippen LogP contribution in [0.3, 0.4) is 0 Å². The third kappa shape index (κ3) is 27.8. The number of unbranched alkanes of at least 4 members (excludes halogenated alkanes) is 5. The fourth-order valence-electron chi connectivity index (χ4n) is 10.4. The lowest BCUT2D eigenvalue weighted by Crippen LogP contribution is -2.57. The largest absolute Gasteiger partial charge is 0.493 e. The Morgan fingerprint density at radius 1 is 0.621 bits per heavy atom. The molecule has 3 aromatic carbocycles. The molecule has 0 radical (unpaired) electrons. The number of hydrogen-bond acceptors (Lipinski definition) is 20. The average Bonchev–Trinajstić information content (AvgIpc) is 0.899. The van der Waals surface area contributed by atoms with E-state index in [4.69, 9.17) is 31.4 Å². The van der Waals surface area contributed by atoms with Gasteiger partial charge >= 0.3 is 5.97 Å². The van der Waals surface area contributed by atoms with Crippen molar-refractivity contribution in [1.82, 2.24) is 36.9 Å². The molecule has 1 aliphatic carbocycles. The summed E-state index contributed by atoms with van der Waals surface area (Å²) < 4.78 is 47.5. The number of ether oxygens (including phenoxy) is 3. The molecule has 17 N–H and O–H groups in total. The first kappa shape index (κ1) is 77.2. The summed E-state index contributed by atoms with van der Waals surface area (Å²) in [7, 11) is -4.00. The molecule has 5 rings (SSSR count). The number of nitrogens with zero attached hydrogens (tertiary/aromatic N) is 2. The molecule has 0 bridgehead atoms. The van der Waals surface area contributed by atoms with Crippen molar-refractivity contribution < 1.29 is 71.3 Å². The maximum atomic E-state index is 14.1. The molecule has 6 amide bonds. The van der Waals surface area contributed by atoms with E-state index in [-0.39, 0.29) is 91.8 Å². The van der Waals surface area contributed by atoms with E-state index < -0.39 is 71.0 Å². The van der Waals surface area contributed by atoms with Gasteiger partial charge in [-0.15, -0.1) is 6.58 Å². The van der Waals surface area contributed by atoms with Gasteiger partial charge in [-0.25, -0.2) is 4.98 Å². The van der Waals surface area contributed by atoms with Gasteiger partial charge in [0.1, 0.15) is 52.1 Å². The predicted octanol–water partition coefficient (Wildman–Crippen LogP) is 6.06. The molecule has 4 aromatic rings. The van der Waals surface area contributed by atoms with Gasteiger partial charge in [0.05, 0.1) is 43.0 Å². The number of Topliss-reactive ketones (excluding diaryl/α,β-unsaturated/α-hetero) is 1. The fraction of sp³-hybridized carbons (Fsp3) is 0.493. The van der Waals surface area contributed by atoms with Crippen molar-refractivity contribution in [2.75, 3.05) is 64.5 Å². The number of aromatic nitrogens is 1. The maximum Gasteiger partial charge on any atom is 0.303 e. The van der Waals surface area contributed by atoms with Crippen LogP contribution in [-0.2, 0) is 48.0 Å². The Morgan fingerprint density at radius 2 is 1.22 bits per heavy atom. The number of carbonyl (C=O) groups excluding carboxylic acids is 7. The summed E-state index contributed by atoms with van der Waals surface area (Å²) >= 11 is 0. The Bertz CT molecular complexity index is 3170. The highest BCUT2D eigenvalue weighted by Gasteiger charge is 2.30. The number of carboxylic acids is 1. The lowest BCUT2D eigenvalue weighted by molar-refractivity contribution is -0.137. The van der Waals surface area contributed by atoms with E-state index in [2.05, 4.69) is 54.0 Å². The number of nitrogens with two attached hydrogens (primary N) is 3. The van der Waals surface area contributed by atoms with Gasteiger partial charge in [-0.3, -0.25) is 43.8 Å². The minimum Gasteiger partial charge on any atom is -0.493 e. The van der Waals surface area contributed by atoms with E-state index in [1.54, 1.807) is 24.3 Å². The number of allylic oxidation sites excluding steroid dienone is 1. The number of nitrogens with one attached hydrogen (secondary N) is 7. The summed E-state index contributed by atoms with van der Waals surface area (Å²) in [4.78, 5) is 109. The molecule has 1 heterocycles. The number of hydrogen-bond donors (Lipinski definition) is 14. The number of carbonyl (C=O) groups is 8. The van der Waals surface area contributed by atoms with Gasteiger partial charge in [-0.1, -0.05) is 30.3 Å². The molecule has 28 heteroatoms. The van der Waals surface area contributed by atoms with Crippen molar-refractivity contribution in [3.63, 3.8) is 0 Å². The first-order valence-corrected chi connectivity index (χ1v) is 34.1. The smallest absolute Gasteiger partial charge is 0.303 e. The van der Waals surface area contributed by atoms with Gasteiger partial charge in [0.2, 0.25) is 29.5 Å². The highest BCUT2D eigenvalue weighted by Crippen LogP contribution is 2.45. The van der Waals surface area contributed by atoms with Gasteiger partial charge in [0.15, 0.2) is 5.78 Å². The number of fused-ring (bicyclic) bond motifs is 1. The summed E-state index contributed by atoms with van der Waals surface area (Å²) in [6, 6.07) is 14.6. The maximum absolute atomic E-state index is 14.1. The van der Waals surface area contributed by atoms with Gasteiger partial charge < -0.3 is 82.1 Å². The topological polar surface area (TPSA) is 433 Å². The van der Waals surface area contributed by atoms with E-state index >= 15 is 0 Å². The highest BCUT2D eigenvalue weighted by molar-refractivity contribution is 8.19. The summed E-state index contributed by atoms with van der Waals surface area (Å²) in [5.41, 5.74) is 23.8. The number of amides is 6. The Hall–Kier alpha value is -8.51. The Kier molecular flexibility index (Phi) is 34.7. The number of ketones is 1. The van der Waals surface area contributed by atoms with E-state index in [0.29, 0.717) is 114 Å². The normalized spacial score (nSPS) is 13.1. The summed E-state index contributed by atoms with van der Waals surface area (Å²) in [6.07, 6.45) is 14.0. The zero-order valence-corrected chi connectivity index (χ0v) is 54.9. The minimum atomic E-state index is -4.00. The quantitative estimate of drug-likeness (QED) is 0.0103. The van der Waals surface area contributed by atoms with E-state index in [1.165, 1.54) is 42.7 Å². The zero-order chi connectivity index (χ0) is 68.8. The lowest BCUT2D eigenvalue weighted by Gasteiger charge is -2.25. The molecular formula is C67H96N12O15S. The Balaban J connectivity index is 1.05. The second kappa shape index (κ2) is 42.7. The molecule has 1 aliphatic rings. The molecule has 1 aromatic heterocycles. The number of benzene rings is 3. The molecule has 95 heavy (non-hydrogen) atoms. The van der Waals surface area contributed by atoms with E-state index in [9.17, 15) is 57.1 Å². The van der Waals surface area contributed by atoms with Crippen molar-refractivity contribution >= 4 is 70.1 Å². The third-order valence-electron chi connectivity index (χ3n) is 15.4. The average molecular weight is 1340 g/mol. The first-order valence-electron chi connectivity index (χ1n) is 32.6. The number of anilines is 1. The second-order valence-electron chi connectivity index (χ2n) is 22.8. The minimum absolute atomic E-state index is 0.0909. The van der Waals surface area contributed by atoms with Gasteiger partial charge in [0.25, 0.3) is 5.91 Å². The fourth-order valence-corrected chi connectivity index (χ4v) is 11.1. The summed E-state index contributed by atoms with van der Waals surface area (Å²) in [6.45, 7) is 5.85. The number of pyridine rings is 1. The molecule has 520 valence electrons. The van der Waals surface area contributed by atoms with Gasteiger partial charge in [0, 0.05) is 60.8 Å². The Morgan fingerprint density at radius 3 is 1.82 bits per heavy atom. The van der Waals surface area contributed by atoms with Crippen molar-refractivity contribution in [3.8, 4) is 17.2 Å². The molecule has 0 saturated carbocycles. The molecule has 0 saturated heterocycles. The van der Waals surface area contributed by atoms with Crippen LogP contribution in [0.1, 0.15) is 159 Å². The van der Waals surface area contributed by atoms with Crippen LogP contribution in [0.15, 0.2) is 95.6 Å². The SMILES string of the molecule is C=CCc1c(OCCCCCOc2cccc(OCCCC(=O)NCCCNC(=O)C(CCCCN)NC(=O)C(CCCCN)NC(=O)C(CCCCN)NC(=O)CNC(=O)c3ccc(N/N=C/c4ccccc4S(O)(O)O)nc3)c2CCC(=O)O)ccc2c1CCCC2=O. The number of aliphatic carboxylic acids is 1. The van der Waals surface area contributed by atoms with Crippen molar-refractivity contribution in [2.24, 2.45) is 22.3 Å². The molecule has 0 aliphatic heterocycles. The number of carboxylic acid groups (broad SMARTS) is 1. The van der Waals surface area contributed by atoms with Gasteiger partial charge in [-0.05, 0) is 183 Å². The van der Waals surface area contributed by atoms with Crippen molar-refractivity contribution in [2.45, 2.75) is 158 Å². The van der Waals surface area contributed by atoms with E-state index in [1.807, 2.05) is 18.2 Å². The zero-order valence-electron chi connectivity index (χ0n) is 54.0. The molecule has 3 unspecified atom stereocenters. The predicted molar refractivity (Wildman–Crippen MR) is 363 cm³/mol. The molecule has 3 atom stereocenters.